The van der Waals surface area contributed by atoms with E-state index in [1.54, 1.807) is 16.9 Å². The van der Waals surface area contributed by atoms with Crippen molar-refractivity contribution < 1.29 is 4.74 Å². The van der Waals surface area contributed by atoms with Crippen LogP contribution in [-0.4, -0.2) is 52.3 Å². The number of hydrogen-bond donors (Lipinski definition) is 3. The number of hydrazine groups is 2. The highest BCUT2D eigenvalue weighted by molar-refractivity contribution is 7.09. The van der Waals surface area contributed by atoms with Gasteiger partial charge in [0.2, 0.25) is 0 Å². The number of ether oxygens (including phenoxy) is 1. The van der Waals surface area contributed by atoms with Crippen LogP contribution in [0.5, 0.6) is 5.75 Å². The predicted octanol–water partition coefficient (Wildman–Crippen LogP) is 2.29. The van der Waals surface area contributed by atoms with Gasteiger partial charge in [0, 0.05) is 24.7 Å². The fourth-order valence-electron chi connectivity index (χ4n) is 3.64. The molecule has 0 atom stereocenters. The van der Waals surface area contributed by atoms with E-state index in [0.717, 1.165) is 33.0 Å². The zero-order chi connectivity index (χ0) is 23.6. The SMILES string of the molecule is Cc1cc(-c2ccc3nnc(CNc4ccnc5cc(OCCN6C=CNN6)cnc45)n3n2)sn1. The lowest BCUT2D eigenvalue weighted by Crippen LogP contribution is -2.37. The van der Waals surface area contributed by atoms with Crippen molar-refractivity contribution in [2.24, 2.45) is 0 Å². The molecule has 3 N–H and O–H groups in total. The van der Waals surface area contributed by atoms with Gasteiger partial charge >= 0.3 is 0 Å². The number of anilines is 1. The van der Waals surface area contributed by atoms with Gasteiger partial charge in [-0.3, -0.25) is 9.99 Å². The molecule has 6 rings (SSSR count). The minimum atomic E-state index is 0.419. The first-order chi connectivity index (χ1) is 17.2. The zero-order valence-electron chi connectivity index (χ0n) is 18.7. The van der Waals surface area contributed by atoms with Gasteiger partial charge in [-0.25, -0.2) is 4.98 Å². The molecule has 0 unspecified atom stereocenters. The van der Waals surface area contributed by atoms with E-state index in [9.17, 15) is 0 Å². The van der Waals surface area contributed by atoms with Gasteiger partial charge in [-0.05, 0) is 42.7 Å². The Balaban J connectivity index is 1.18. The van der Waals surface area contributed by atoms with Gasteiger partial charge < -0.3 is 15.5 Å². The molecule has 0 spiro atoms. The maximum atomic E-state index is 5.83. The Morgan fingerprint density at radius 1 is 1.14 bits per heavy atom. The molecule has 12 nitrogen and oxygen atoms in total. The number of pyridine rings is 2. The molecule has 0 saturated heterocycles. The van der Waals surface area contributed by atoms with Gasteiger partial charge in [-0.2, -0.15) is 14.0 Å². The maximum Gasteiger partial charge on any atom is 0.178 e. The molecule has 1 aliphatic rings. The Kier molecular flexibility index (Phi) is 5.52. The molecule has 176 valence electrons. The molecule has 0 aliphatic carbocycles. The molecule has 0 bridgehead atoms. The summed E-state index contributed by atoms with van der Waals surface area (Å²) < 4.78 is 11.9. The Bertz CT molecular complexity index is 1530. The van der Waals surface area contributed by atoms with Crippen LogP contribution >= 0.6 is 11.5 Å². The third-order valence-corrected chi connectivity index (χ3v) is 6.25. The summed E-state index contributed by atoms with van der Waals surface area (Å²) in [6.45, 7) is 3.57. The van der Waals surface area contributed by atoms with E-state index in [-0.39, 0.29) is 0 Å². The van der Waals surface area contributed by atoms with Crippen molar-refractivity contribution in [2.45, 2.75) is 13.5 Å². The number of nitrogens with one attached hydrogen (secondary N) is 3. The minimum absolute atomic E-state index is 0.419. The summed E-state index contributed by atoms with van der Waals surface area (Å²) in [5.41, 5.74) is 10.7. The molecular formula is C22H21N11OS. The van der Waals surface area contributed by atoms with Crippen molar-refractivity contribution in [1.29, 1.82) is 0 Å². The topological polar surface area (TPSA) is 130 Å². The third kappa shape index (κ3) is 4.41. The molecule has 6 heterocycles. The summed E-state index contributed by atoms with van der Waals surface area (Å²) in [7, 11) is 0. The van der Waals surface area contributed by atoms with Gasteiger partial charge in [-0.1, -0.05) is 0 Å². The lowest BCUT2D eigenvalue weighted by molar-refractivity contribution is 0.208. The van der Waals surface area contributed by atoms with E-state index in [1.807, 2.05) is 54.7 Å². The van der Waals surface area contributed by atoms with Gasteiger partial charge in [0.15, 0.2) is 11.5 Å². The first-order valence-electron chi connectivity index (χ1n) is 10.9. The fourth-order valence-corrected chi connectivity index (χ4v) is 4.36. The van der Waals surface area contributed by atoms with Gasteiger partial charge in [0.05, 0.1) is 41.1 Å². The molecule has 13 heteroatoms. The summed E-state index contributed by atoms with van der Waals surface area (Å²) in [6, 6.07) is 9.63. The number of hydrogen-bond acceptors (Lipinski definition) is 12. The molecule has 0 fully saturated rings. The predicted molar refractivity (Wildman–Crippen MR) is 131 cm³/mol. The maximum absolute atomic E-state index is 5.83. The van der Waals surface area contributed by atoms with E-state index >= 15 is 0 Å². The van der Waals surface area contributed by atoms with Crippen LogP contribution in [0.4, 0.5) is 5.69 Å². The van der Waals surface area contributed by atoms with Crippen LogP contribution in [0.3, 0.4) is 0 Å². The van der Waals surface area contributed by atoms with E-state index in [4.69, 9.17) is 9.84 Å². The third-order valence-electron chi connectivity index (χ3n) is 5.34. The van der Waals surface area contributed by atoms with Crippen molar-refractivity contribution in [1.82, 2.24) is 50.1 Å². The summed E-state index contributed by atoms with van der Waals surface area (Å²) in [5, 5.41) is 18.6. The molecule has 5 aromatic heterocycles. The second kappa shape index (κ2) is 9.12. The van der Waals surface area contributed by atoms with E-state index in [2.05, 4.69) is 40.8 Å². The van der Waals surface area contributed by atoms with Crippen LogP contribution in [0.25, 0.3) is 27.3 Å². The lowest BCUT2D eigenvalue weighted by atomic mass is 10.2. The summed E-state index contributed by atoms with van der Waals surface area (Å²) in [6.07, 6.45) is 7.16. The molecule has 0 radical (unpaired) electrons. The van der Waals surface area contributed by atoms with Gasteiger partial charge in [0.1, 0.15) is 23.6 Å². The largest absolute Gasteiger partial charge is 0.490 e. The Labute approximate surface area is 203 Å². The van der Waals surface area contributed by atoms with Crippen LogP contribution in [0.1, 0.15) is 11.5 Å². The summed E-state index contributed by atoms with van der Waals surface area (Å²) in [4.78, 5) is 10.0. The highest BCUT2D eigenvalue weighted by Crippen LogP contribution is 2.25. The number of nitrogens with zero attached hydrogens (tertiary/aromatic N) is 8. The monoisotopic (exact) mass is 487 g/mol. The van der Waals surface area contributed by atoms with Gasteiger partial charge in [0.25, 0.3) is 0 Å². The van der Waals surface area contributed by atoms with Gasteiger partial charge in [-0.15, -0.1) is 15.7 Å². The van der Waals surface area contributed by atoms with Crippen molar-refractivity contribution in [3.05, 3.63) is 66.6 Å². The van der Waals surface area contributed by atoms with Crippen LogP contribution in [-0.2, 0) is 6.54 Å². The fraction of sp³-hybridized carbons (Fsp3) is 0.182. The van der Waals surface area contributed by atoms with Crippen molar-refractivity contribution >= 4 is 33.9 Å². The van der Waals surface area contributed by atoms with E-state index < -0.39 is 0 Å². The number of aromatic nitrogens is 7. The average Bonchev–Trinajstić information content (AvgIpc) is 3.64. The lowest BCUT2D eigenvalue weighted by Gasteiger charge is -2.15. The van der Waals surface area contributed by atoms with Crippen molar-refractivity contribution in [2.75, 3.05) is 18.5 Å². The first-order valence-corrected chi connectivity index (χ1v) is 11.7. The van der Waals surface area contributed by atoms with E-state index in [0.29, 0.717) is 36.9 Å². The summed E-state index contributed by atoms with van der Waals surface area (Å²) >= 11 is 1.42. The second-order valence-electron chi connectivity index (χ2n) is 7.80. The molecule has 5 aromatic rings. The van der Waals surface area contributed by atoms with E-state index in [1.165, 1.54) is 11.5 Å². The molecule has 0 aromatic carbocycles. The molecule has 1 aliphatic heterocycles. The van der Waals surface area contributed by atoms with Crippen LogP contribution < -0.4 is 21.0 Å². The van der Waals surface area contributed by atoms with Crippen molar-refractivity contribution in [3.63, 3.8) is 0 Å². The highest BCUT2D eigenvalue weighted by Gasteiger charge is 2.12. The van der Waals surface area contributed by atoms with Crippen LogP contribution in [0, 0.1) is 6.92 Å². The molecule has 0 amide bonds. The zero-order valence-corrected chi connectivity index (χ0v) is 19.5. The Morgan fingerprint density at radius 2 is 2.11 bits per heavy atom. The smallest absolute Gasteiger partial charge is 0.178 e. The molecule has 35 heavy (non-hydrogen) atoms. The average molecular weight is 488 g/mol. The van der Waals surface area contributed by atoms with Crippen LogP contribution in [0.2, 0.25) is 0 Å². The van der Waals surface area contributed by atoms with Crippen molar-refractivity contribution in [3.8, 4) is 16.3 Å². The normalized spacial score (nSPS) is 13.0. The quantitative estimate of drug-likeness (QED) is 0.298. The van der Waals surface area contributed by atoms with Crippen LogP contribution in [0.15, 0.2) is 55.1 Å². The first kappa shape index (κ1) is 21.2. The standard InChI is InChI=1S/C22H21N11OS/c1-14-10-19(35-30-14)16-2-3-20-27-28-21(33(20)29-16)13-24-17-4-5-23-18-11-15(12-25-22(17)18)34-9-8-32-7-6-26-31-32/h2-7,10-12,26,31H,8-9,13H2,1H3,(H,23,24). The number of fused-ring (bicyclic) bond motifs is 2. The Morgan fingerprint density at radius 3 is 2.97 bits per heavy atom. The summed E-state index contributed by atoms with van der Waals surface area (Å²) in [5.74, 6) is 1.35. The highest BCUT2D eigenvalue weighted by atomic mass is 32.1. The second-order valence-corrected chi connectivity index (χ2v) is 8.61. The molecular weight excluding hydrogens is 466 g/mol. The molecule has 0 saturated carbocycles. The minimum Gasteiger partial charge on any atom is -0.490 e. The Hall–Kier alpha value is -4.36. The number of aryl methyl sites for hydroxylation is 1. The number of rotatable bonds is 8.